The predicted octanol–water partition coefficient (Wildman–Crippen LogP) is 3.08. The first-order valence-corrected chi connectivity index (χ1v) is 19.8. The summed E-state index contributed by atoms with van der Waals surface area (Å²) in [6.45, 7) is 4.99. The third-order valence-electron chi connectivity index (χ3n) is 6.15. The number of rotatable bonds is 27. The van der Waals surface area contributed by atoms with Gasteiger partial charge < -0.3 is 25.4 Å². The van der Waals surface area contributed by atoms with Gasteiger partial charge in [0.2, 0.25) is 11.8 Å². The van der Waals surface area contributed by atoms with Gasteiger partial charge in [-0.2, -0.15) is 0 Å². The van der Waals surface area contributed by atoms with E-state index in [1.165, 1.54) is 27.6 Å². The van der Waals surface area contributed by atoms with E-state index < -0.39 is 71.5 Å². The van der Waals surface area contributed by atoms with Gasteiger partial charge in [0.15, 0.2) is 9.84 Å². The van der Waals surface area contributed by atoms with Gasteiger partial charge in [0, 0.05) is 62.5 Å². The fourth-order valence-electron chi connectivity index (χ4n) is 3.76. The highest BCUT2D eigenvalue weighted by molar-refractivity contribution is 7.91. The number of carbonyl (C=O) groups is 4. The molecule has 0 saturated carbocycles. The van der Waals surface area contributed by atoms with E-state index in [0.29, 0.717) is 5.57 Å². The summed E-state index contributed by atoms with van der Waals surface area (Å²) in [7, 11) is -8.21. The number of aliphatic carboxylic acids is 2. The third-order valence-corrected chi connectivity index (χ3v) is 11.2. The van der Waals surface area contributed by atoms with E-state index in [2.05, 4.69) is 17.2 Å². The zero-order valence-electron chi connectivity index (χ0n) is 26.0. The Kier molecular flexibility index (Phi) is 23.6. The summed E-state index contributed by atoms with van der Waals surface area (Å²) in [6, 6.07) is -3.36. The fourth-order valence-corrected chi connectivity index (χ4v) is 8.85. The summed E-state index contributed by atoms with van der Waals surface area (Å²) in [5.74, 6) is -6.10. The molecule has 0 aliphatic carbocycles. The minimum absolute atomic E-state index is 0.0533. The number of allylic oxidation sites excluding steroid dienone is 4. The Bertz CT molecular complexity index is 1220. The Labute approximate surface area is 295 Å². The topological polar surface area (TPSA) is 200 Å². The van der Waals surface area contributed by atoms with Crippen molar-refractivity contribution in [2.24, 2.45) is 0 Å². The van der Waals surface area contributed by atoms with Crippen molar-refractivity contribution in [2.75, 3.05) is 67.8 Å². The lowest BCUT2D eigenvalue weighted by Crippen LogP contribution is -2.54. The van der Waals surface area contributed by atoms with E-state index in [0.717, 1.165) is 6.08 Å². The second-order valence-corrected chi connectivity index (χ2v) is 15.9. The van der Waals surface area contributed by atoms with Crippen LogP contribution >= 0.6 is 54.1 Å². The lowest BCUT2D eigenvalue weighted by atomic mass is 10.2. The number of alkyl halides is 4. The maximum atomic E-state index is 14.2. The molecule has 0 bridgehead atoms. The van der Waals surface area contributed by atoms with Crippen LogP contribution in [0.25, 0.3) is 0 Å². The average molecular weight is 789 g/mol. The van der Waals surface area contributed by atoms with E-state index in [1.807, 2.05) is 0 Å². The first-order valence-electron chi connectivity index (χ1n) is 14.3. The smallest absolute Gasteiger partial charge is 0.346 e. The van der Waals surface area contributed by atoms with Crippen molar-refractivity contribution in [3.05, 3.63) is 36.5 Å². The molecule has 0 aromatic carbocycles. The van der Waals surface area contributed by atoms with Crippen molar-refractivity contribution in [1.82, 2.24) is 20.0 Å². The molecule has 4 N–H and O–H groups in total. The molecule has 20 heteroatoms. The zero-order chi connectivity index (χ0) is 36.0. The number of carbonyl (C=O) groups excluding carboxylic acids is 2. The van der Waals surface area contributed by atoms with Gasteiger partial charge in [-0.1, -0.05) is 36.5 Å². The number of carboxylic acids is 2. The minimum atomic E-state index is -4.26. The van der Waals surface area contributed by atoms with Gasteiger partial charge in [0.1, 0.15) is 12.1 Å². The van der Waals surface area contributed by atoms with Gasteiger partial charge in [-0.15, -0.1) is 46.4 Å². The van der Waals surface area contributed by atoms with Crippen molar-refractivity contribution in [3.8, 4) is 0 Å². The second kappa shape index (κ2) is 24.5. The molecule has 0 heterocycles. The second-order valence-electron chi connectivity index (χ2n) is 9.79. The number of nitrogens with one attached hydrogen (secondary N) is 2. The first-order chi connectivity index (χ1) is 22.1. The van der Waals surface area contributed by atoms with Crippen molar-refractivity contribution in [2.45, 2.75) is 38.3 Å². The van der Waals surface area contributed by atoms with Crippen LogP contribution in [0.5, 0.6) is 0 Å². The van der Waals surface area contributed by atoms with Crippen LogP contribution in [0.3, 0.4) is 0 Å². The summed E-state index contributed by atoms with van der Waals surface area (Å²) in [5, 5.41) is 22.9. The molecule has 0 saturated heterocycles. The van der Waals surface area contributed by atoms with E-state index in [9.17, 15) is 37.3 Å². The number of nitrogens with zero attached hydrogens (tertiary/aromatic N) is 2. The highest BCUT2D eigenvalue weighted by Crippen LogP contribution is 2.54. The molecule has 0 aromatic heterocycles. The molecule has 47 heavy (non-hydrogen) atoms. The van der Waals surface area contributed by atoms with Crippen LogP contribution in [0.4, 0.5) is 0 Å². The van der Waals surface area contributed by atoms with Crippen molar-refractivity contribution >= 4 is 87.7 Å². The van der Waals surface area contributed by atoms with Gasteiger partial charge in [-0.25, -0.2) is 22.6 Å². The summed E-state index contributed by atoms with van der Waals surface area (Å²) in [6.07, 6.45) is 4.76. The van der Waals surface area contributed by atoms with Crippen LogP contribution in [0.15, 0.2) is 36.5 Å². The Balaban J connectivity index is 6.13. The lowest BCUT2D eigenvalue weighted by molar-refractivity contribution is -0.140. The monoisotopic (exact) mass is 786 g/mol. The summed E-state index contributed by atoms with van der Waals surface area (Å²) in [5.41, 5.74) is 0.697. The number of amides is 2. The third kappa shape index (κ3) is 18.6. The Hall–Kier alpha value is -1.68. The Morgan fingerprint density at radius 3 is 1.91 bits per heavy atom. The minimum Gasteiger partial charge on any atom is -0.481 e. The average Bonchev–Trinajstić information content (AvgIpc) is 2.99. The zero-order valence-corrected chi connectivity index (χ0v) is 30.7. The molecule has 0 aromatic rings. The van der Waals surface area contributed by atoms with Gasteiger partial charge in [-0.05, 0) is 13.3 Å². The number of hydrogen-bond donors (Lipinski definition) is 4. The van der Waals surface area contributed by atoms with E-state index in [-0.39, 0.29) is 69.0 Å². The standard InChI is InChI=1S/C27H43Cl4N4O10PS/c1-3-21(2)6-4-7-22(27(40)41)33-26(39)23(32-24(36)8-5-9-25(37)38)20-47(43,44)19-18-45-46(42,34(14-10-28)15-11-29)35(16-12-30)17-13-31/h3-4,6-7,22-23H,1,5,8-20H2,2H3,(H,32,36)(H,33,39)(H,37,38)(H,40,41)/b7-4-,21-6+. The molecule has 0 fully saturated rings. The summed E-state index contributed by atoms with van der Waals surface area (Å²) < 4.78 is 49.1. The predicted molar refractivity (Wildman–Crippen MR) is 184 cm³/mol. The van der Waals surface area contributed by atoms with Crippen LogP contribution in [-0.2, 0) is 38.1 Å². The molecule has 0 aliphatic heterocycles. The molecule has 2 atom stereocenters. The number of hydrogen-bond acceptors (Lipinski definition) is 8. The molecule has 0 rings (SSSR count). The van der Waals surface area contributed by atoms with E-state index in [4.69, 9.17) is 56.0 Å². The van der Waals surface area contributed by atoms with Crippen molar-refractivity contribution in [1.29, 1.82) is 0 Å². The lowest BCUT2D eigenvalue weighted by Gasteiger charge is -2.37. The van der Waals surface area contributed by atoms with Gasteiger partial charge >= 0.3 is 19.6 Å². The van der Waals surface area contributed by atoms with E-state index in [1.54, 1.807) is 6.92 Å². The quantitative estimate of drug-likeness (QED) is 0.0540. The van der Waals surface area contributed by atoms with Crippen molar-refractivity contribution in [3.63, 3.8) is 0 Å². The molecule has 14 nitrogen and oxygen atoms in total. The van der Waals surface area contributed by atoms with Gasteiger partial charge in [-0.3, -0.25) is 18.9 Å². The van der Waals surface area contributed by atoms with Gasteiger partial charge in [0.05, 0.1) is 18.1 Å². The first kappa shape index (κ1) is 45.3. The molecular formula is C27H43Cl4N4O10PS. The molecular weight excluding hydrogens is 745 g/mol. The summed E-state index contributed by atoms with van der Waals surface area (Å²) >= 11 is 23.6. The van der Waals surface area contributed by atoms with E-state index >= 15 is 0 Å². The van der Waals surface area contributed by atoms with Crippen LogP contribution in [0.1, 0.15) is 26.2 Å². The maximum Gasteiger partial charge on any atom is 0.346 e. The Morgan fingerprint density at radius 2 is 1.47 bits per heavy atom. The highest BCUT2D eigenvalue weighted by Gasteiger charge is 2.38. The number of halogens is 4. The number of carboxylic acid groups (broad SMARTS) is 2. The molecule has 2 unspecified atom stereocenters. The SMILES string of the molecule is C=C/C(C)=C/C=C\C(NC(=O)C(CS(=O)(=O)CCOP(=O)(N(CCCl)CCCl)N(CCCl)CCCl)NC(=O)CCCC(=O)O)C(=O)O. The van der Waals surface area contributed by atoms with Crippen LogP contribution in [-0.4, -0.2) is 132 Å². The largest absolute Gasteiger partial charge is 0.481 e. The molecule has 0 aliphatic rings. The highest BCUT2D eigenvalue weighted by atomic mass is 35.5. The van der Waals surface area contributed by atoms with Gasteiger partial charge in [0.25, 0.3) is 0 Å². The van der Waals surface area contributed by atoms with Crippen molar-refractivity contribution < 1.29 is 46.9 Å². The van der Waals surface area contributed by atoms with Crippen LogP contribution in [0, 0.1) is 0 Å². The Morgan fingerprint density at radius 1 is 0.936 bits per heavy atom. The molecule has 270 valence electrons. The number of sulfone groups is 1. The molecule has 0 spiro atoms. The maximum absolute atomic E-state index is 14.2. The summed E-state index contributed by atoms with van der Waals surface area (Å²) in [4.78, 5) is 48.3. The van der Waals surface area contributed by atoms with Crippen LogP contribution < -0.4 is 10.6 Å². The normalized spacial score (nSPS) is 13.9. The molecule has 0 radical (unpaired) electrons. The van der Waals surface area contributed by atoms with Crippen LogP contribution in [0.2, 0.25) is 0 Å². The fraction of sp³-hybridized carbons (Fsp3) is 0.630. The molecule has 2 amide bonds.